The number of aromatic nitrogens is 2. The molecule has 0 aliphatic heterocycles. The summed E-state index contributed by atoms with van der Waals surface area (Å²) < 4.78 is 4.88. The lowest BCUT2D eigenvalue weighted by Gasteiger charge is -2.08. The van der Waals surface area contributed by atoms with Crippen LogP contribution in [0.5, 0.6) is 0 Å². The van der Waals surface area contributed by atoms with Crippen LogP contribution in [-0.4, -0.2) is 10.1 Å². The molecule has 0 spiro atoms. The van der Waals surface area contributed by atoms with Crippen LogP contribution in [-0.2, 0) is 6.42 Å². The maximum atomic E-state index is 5.96. The van der Waals surface area contributed by atoms with E-state index in [1.807, 2.05) is 30.3 Å². The molecule has 0 aliphatic rings. The summed E-state index contributed by atoms with van der Waals surface area (Å²) in [5, 5.41) is 3.53. The van der Waals surface area contributed by atoms with Gasteiger partial charge in [0.15, 0.2) is 6.33 Å². The van der Waals surface area contributed by atoms with Crippen molar-refractivity contribution in [2.24, 2.45) is 5.73 Å². The summed E-state index contributed by atoms with van der Waals surface area (Å²) in [5.41, 5.74) is 7.03. The molecule has 0 aliphatic carbocycles. The van der Waals surface area contributed by atoms with Gasteiger partial charge in [0, 0.05) is 12.5 Å². The van der Waals surface area contributed by atoms with Crippen LogP contribution < -0.4 is 5.73 Å². The molecule has 1 heterocycles. The van der Waals surface area contributed by atoms with Gasteiger partial charge in [-0.1, -0.05) is 35.5 Å². The zero-order valence-corrected chi connectivity index (χ0v) is 7.63. The normalized spacial score (nSPS) is 12.6. The summed E-state index contributed by atoms with van der Waals surface area (Å²) >= 11 is 0. The maximum absolute atomic E-state index is 5.96. The number of hydrogen-bond acceptors (Lipinski definition) is 4. The molecule has 0 saturated carbocycles. The number of nitrogens with two attached hydrogens (primary N) is 1. The van der Waals surface area contributed by atoms with Crippen LogP contribution >= 0.6 is 0 Å². The van der Waals surface area contributed by atoms with Crippen molar-refractivity contribution < 1.29 is 4.52 Å². The first kappa shape index (κ1) is 8.90. The van der Waals surface area contributed by atoms with Gasteiger partial charge in [0.1, 0.15) is 0 Å². The fraction of sp³-hybridized carbons (Fsp3) is 0.200. The fourth-order valence-electron chi connectivity index (χ4n) is 1.29. The first-order chi connectivity index (χ1) is 6.86. The molecule has 2 rings (SSSR count). The number of nitrogens with zero attached hydrogens (tertiary/aromatic N) is 2. The minimum Gasteiger partial charge on any atom is -0.340 e. The summed E-state index contributed by atoms with van der Waals surface area (Å²) in [6, 6.07) is 9.77. The smallest absolute Gasteiger partial charge is 0.228 e. The molecule has 4 heteroatoms. The largest absolute Gasteiger partial charge is 0.340 e. The van der Waals surface area contributed by atoms with E-state index in [0.29, 0.717) is 12.3 Å². The predicted octanol–water partition coefficient (Wildman–Crippen LogP) is 1.31. The Bertz CT molecular complexity index is 372. The highest BCUT2D eigenvalue weighted by Crippen LogP contribution is 2.13. The summed E-state index contributed by atoms with van der Waals surface area (Å²) in [4.78, 5) is 3.92. The van der Waals surface area contributed by atoms with Gasteiger partial charge in [0.2, 0.25) is 5.89 Å². The van der Waals surface area contributed by atoms with Crippen LogP contribution in [0.2, 0.25) is 0 Å². The van der Waals surface area contributed by atoms with Crippen molar-refractivity contribution in [2.45, 2.75) is 12.5 Å². The molecule has 0 saturated heterocycles. The number of hydrogen-bond donors (Lipinski definition) is 1. The summed E-state index contributed by atoms with van der Waals surface area (Å²) in [6.45, 7) is 0. The topological polar surface area (TPSA) is 64.9 Å². The fourth-order valence-corrected chi connectivity index (χ4v) is 1.29. The average Bonchev–Trinajstić information content (AvgIpc) is 2.72. The third-order valence-corrected chi connectivity index (χ3v) is 2.03. The molecule has 2 aromatic rings. The van der Waals surface area contributed by atoms with E-state index < -0.39 is 0 Å². The molecule has 14 heavy (non-hydrogen) atoms. The molecule has 0 bridgehead atoms. The highest BCUT2D eigenvalue weighted by molar-refractivity contribution is 5.19. The minimum absolute atomic E-state index is 0.0864. The molecule has 1 atom stereocenters. The zero-order chi connectivity index (χ0) is 9.80. The quantitative estimate of drug-likeness (QED) is 0.790. The van der Waals surface area contributed by atoms with Gasteiger partial charge in [0.05, 0.1) is 0 Å². The van der Waals surface area contributed by atoms with Crippen LogP contribution in [0.4, 0.5) is 0 Å². The van der Waals surface area contributed by atoms with Gasteiger partial charge in [-0.2, -0.15) is 4.98 Å². The van der Waals surface area contributed by atoms with E-state index in [-0.39, 0.29) is 6.04 Å². The summed E-state index contributed by atoms with van der Waals surface area (Å²) in [6.07, 6.45) is 1.96. The van der Waals surface area contributed by atoms with Crippen LogP contribution in [0.1, 0.15) is 17.5 Å². The molecular formula is C10H11N3O. The summed E-state index contributed by atoms with van der Waals surface area (Å²) in [7, 11) is 0. The van der Waals surface area contributed by atoms with Crippen molar-refractivity contribution in [3.8, 4) is 0 Å². The SMILES string of the molecule is NC(Cc1ncno1)c1ccccc1. The molecular weight excluding hydrogens is 178 g/mol. The first-order valence-corrected chi connectivity index (χ1v) is 4.42. The van der Waals surface area contributed by atoms with Gasteiger partial charge in [-0.15, -0.1) is 0 Å². The van der Waals surface area contributed by atoms with Gasteiger partial charge < -0.3 is 10.3 Å². The Morgan fingerprint density at radius 2 is 2.07 bits per heavy atom. The molecule has 2 N–H and O–H groups in total. The second kappa shape index (κ2) is 4.02. The molecule has 0 radical (unpaired) electrons. The molecule has 0 fully saturated rings. The third-order valence-electron chi connectivity index (χ3n) is 2.03. The van der Waals surface area contributed by atoms with E-state index in [2.05, 4.69) is 10.1 Å². The Morgan fingerprint density at radius 1 is 1.29 bits per heavy atom. The Morgan fingerprint density at radius 3 is 2.71 bits per heavy atom. The molecule has 72 valence electrons. The Kier molecular flexibility index (Phi) is 2.55. The Hall–Kier alpha value is -1.68. The minimum atomic E-state index is -0.0864. The van der Waals surface area contributed by atoms with Crippen molar-refractivity contribution in [3.05, 3.63) is 48.1 Å². The molecule has 4 nitrogen and oxygen atoms in total. The monoisotopic (exact) mass is 189 g/mol. The lowest BCUT2D eigenvalue weighted by Crippen LogP contribution is -2.13. The highest BCUT2D eigenvalue weighted by atomic mass is 16.5. The van der Waals surface area contributed by atoms with E-state index in [9.17, 15) is 0 Å². The van der Waals surface area contributed by atoms with Gasteiger partial charge in [-0.05, 0) is 5.56 Å². The van der Waals surface area contributed by atoms with E-state index >= 15 is 0 Å². The van der Waals surface area contributed by atoms with Gasteiger partial charge in [-0.3, -0.25) is 0 Å². The van der Waals surface area contributed by atoms with Crippen molar-refractivity contribution >= 4 is 0 Å². The van der Waals surface area contributed by atoms with Crippen LogP contribution in [0.15, 0.2) is 41.2 Å². The van der Waals surface area contributed by atoms with Gasteiger partial charge in [0.25, 0.3) is 0 Å². The first-order valence-electron chi connectivity index (χ1n) is 4.42. The Labute approximate surface area is 81.7 Å². The molecule has 1 aromatic carbocycles. The van der Waals surface area contributed by atoms with Crippen LogP contribution in [0.25, 0.3) is 0 Å². The van der Waals surface area contributed by atoms with Gasteiger partial charge in [-0.25, -0.2) is 0 Å². The van der Waals surface area contributed by atoms with Crippen LogP contribution in [0.3, 0.4) is 0 Å². The Balaban J connectivity index is 2.07. The van der Waals surface area contributed by atoms with Crippen molar-refractivity contribution in [1.82, 2.24) is 10.1 Å². The van der Waals surface area contributed by atoms with Crippen molar-refractivity contribution in [1.29, 1.82) is 0 Å². The van der Waals surface area contributed by atoms with E-state index in [4.69, 9.17) is 10.3 Å². The van der Waals surface area contributed by atoms with Crippen molar-refractivity contribution in [3.63, 3.8) is 0 Å². The van der Waals surface area contributed by atoms with Crippen LogP contribution in [0, 0.1) is 0 Å². The van der Waals surface area contributed by atoms with E-state index in [1.54, 1.807) is 0 Å². The van der Waals surface area contributed by atoms with E-state index in [0.717, 1.165) is 5.56 Å². The third kappa shape index (κ3) is 1.97. The maximum Gasteiger partial charge on any atom is 0.228 e. The van der Waals surface area contributed by atoms with Gasteiger partial charge >= 0.3 is 0 Å². The second-order valence-electron chi connectivity index (χ2n) is 3.06. The molecule has 1 aromatic heterocycles. The lowest BCUT2D eigenvalue weighted by molar-refractivity contribution is 0.369. The standard InChI is InChI=1S/C10H11N3O/c11-9(6-10-12-7-13-14-10)8-4-2-1-3-5-8/h1-5,7,9H,6,11H2. The number of rotatable bonds is 3. The lowest BCUT2D eigenvalue weighted by atomic mass is 10.1. The molecule has 1 unspecified atom stereocenters. The highest BCUT2D eigenvalue weighted by Gasteiger charge is 2.09. The second-order valence-corrected chi connectivity index (χ2v) is 3.06. The predicted molar refractivity (Wildman–Crippen MR) is 51.4 cm³/mol. The van der Waals surface area contributed by atoms with E-state index in [1.165, 1.54) is 6.33 Å². The number of benzene rings is 1. The summed E-state index contributed by atoms with van der Waals surface area (Å²) in [5.74, 6) is 0.571. The van der Waals surface area contributed by atoms with Crippen molar-refractivity contribution in [2.75, 3.05) is 0 Å². The average molecular weight is 189 g/mol. The molecule has 0 amide bonds. The zero-order valence-electron chi connectivity index (χ0n) is 7.63.